The molecule has 1 aromatic heterocycles. The van der Waals surface area contributed by atoms with Crippen LogP contribution in [0.3, 0.4) is 0 Å². The molecule has 0 aliphatic heterocycles. The highest BCUT2D eigenvalue weighted by molar-refractivity contribution is 5.87. The molecule has 2 N–H and O–H groups in total. The summed E-state index contributed by atoms with van der Waals surface area (Å²) < 4.78 is 88.6. The number of rotatable bonds is 4. The molecule has 0 amide bonds. The third-order valence-electron chi connectivity index (χ3n) is 2.11. The zero-order chi connectivity index (χ0) is 15.0. The Hall–Kier alpha value is -1.81. The standard InChI is InChI=1S/C8H5F7N2O2/c9-1-2(10)7(11,12)5-3(8(13,14)15)4(6(18)19)16-17-5/h2H,1H2,(H,16,17)(H,18,19). The first kappa shape index (κ1) is 15.2. The second-order valence-electron chi connectivity index (χ2n) is 3.37. The predicted molar refractivity (Wildman–Crippen MR) is 45.3 cm³/mol. The van der Waals surface area contributed by atoms with Gasteiger partial charge >= 0.3 is 18.1 Å². The van der Waals surface area contributed by atoms with Crippen LogP contribution in [0.5, 0.6) is 0 Å². The van der Waals surface area contributed by atoms with E-state index in [0.717, 1.165) is 5.10 Å². The average molecular weight is 294 g/mol. The summed E-state index contributed by atoms with van der Waals surface area (Å²) in [5, 5.41) is 12.1. The van der Waals surface area contributed by atoms with E-state index in [1.165, 1.54) is 0 Å². The topological polar surface area (TPSA) is 66.0 Å². The zero-order valence-electron chi connectivity index (χ0n) is 8.73. The van der Waals surface area contributed by atoms with Gasteiger partial charge in [-0.25, -0.2) is 13.6 Å². The largest absolute Gasteiger partial charge is 0.476 e. The van der Waals surface area contributed by atoms with Gasteiger partial charge in [-0.15, -0.1) is 0 Å². The predicted octanol–water partition coefficient (Wildman–Crippen LogP) is 2.53. The lowest BCUT2D eigenvalue weighted by Crippen LogP contribution is -2.32. The molecule has 19 heavy (non-hydrogen) atoms. The molecule has 1 rings (SSSR count). The van der Waals surface area contributed by atoms with Crippen molar-refractivity contribution in [3.8, 4) is 0 Å². The Balaban J connectivity index is 3.50. The van der Waals surface area contributed by atoms with Gasteiger partial charge < -0.3 is 5.11 Å². The minimum absolute atomic E-state index is 1.11. The van der Waals surface area contributed by atoms with Crippen LogP contribution in [-0.2, 0) is 12.1 Å². The number of hydrogen-bond donors (Lipinski definition) is 2. The first-order chi connectivity index (χ1) is 8.53. The summed E-state index contributed by atoms with van der Waals surface area (Å²) >= 11 is 0. The molecule has 1 atom stereocenters. The molecule has 0 radical (unpaired) electrons. The third-order valence-corrected chi connectivity index (χ3v) is 2.11. The number of alkyl halides is 7. The van der Waals surface area contributed by atoms with Crippen molar-refractivity contribution in [2.45, 2.75) is 18.3 Å². The van der Waals surface area contributed by atoms with Crippen molar-refractivity contribution in [2.75, 3.05) is 6.67 Å². The van der Waals surface area contributed by atoms with Gasteiger partial charge in [0.15, 0.2) is 11.9 Å². The van der Waals surface area contributed by atoms with E-state index in [4.69, 9.17) is 5.11 Å². The van der Waals surface area contributed by atoms with Gasteiger partial charge in [0.2, 0.25) is 0 Å². The normalized spacial score (nSPS) is 14.5. The number of aromatic nitrogens is 2. The summed E-state index contributed by atoms with van der Waals surface area (Å²) in [6.45, 7) is -2.24. The first-order valence-corrected chi connectivity index (χ1v) is 4.50. The van der Waals surface area contributed by atoms with Crippen molar-refractivity contribution in [3.05, 3.63) is 17.0 Å². The van der Waals surface area contributed by atoms with Crippen molar-refractivity contribution in [2.24, 2.45) is 0 Å². The highest BCUT2D eigenvalue weighted by atomic mass is 19.4. The number of aromatic amines is 1. The summed E-state index contributed by atoms with van der Waals surface area (Å²) in [5.74, 6) is -7.12. The summed E-state index contributed by atoms with van der Waals surface area (Å²) in [6, 6.07) is 0. The Labute approximate surface area is 99.8 Å². The lowest BCUT2D eigenvalue weighted by molar-refractivity contribution is -0.147. The lowest BCUT2D eigenvalue weighted by Gasteiger charge is -2.19. The SMILES string of the molecule is O=C(O)c1n[nH]c(C(F)(F)C(F)CF)c1C(F)(F)F. The van der Waals surface area contributed by atoms with Crippen molar-refractivity contribution >= 4 is 5.97 Å². The maximum atomic E-state index is 13.2. The third kappa shape index (κ3) is 2.63. The lowest BCUT2D eigenvalue weighted by atomic mass is 10.0. The highest BCUT2D eigenvalue weighted by Crippen LogP contribution is 2.42. The molecule has 1 heterocycles. The van der Waals surface area contributed by atoms with Crippen LogP contribution in [0.15, 0.2) is 0 Å². The number of aromatic carboxylic acids is 1. The molecule has 0 aliphatic carbocycles. The summed E-state index contributed by atoms with van der Waals surface area (Å²) in [4.78, 5) is 10.5. The van der Waals surface area contributed by atoms with Crippen molar-refractivity contribution in [1.82, 2.24) is 10.2 Å². The Morgan fingerprint density at radius 2 is 1.84 bits per heavy atom. The maximum absolute atomic E-state index is 13.2. The minimum atomic E-state index is -5.52. The second kappa shape index (κ2) is 4.70. The van der Waals surface area contributed by atoms with Crippen LogP contribution >= 0.6 is 0 Å². The van der Waals surface area contributed by atoms with Crippen LogP contribution in [0.2, 0.25) is 0 Å². The number of halogens is 7. The van der Waals surface area contributed by atoms with Crippen LogP contribution in [0.1, 0.15) is 21.7 Å². The number of carbonyl (C=O) groups is 1. The summed E-state index contributed by atoms with van der Waals surface area (Å²) in [7, 11) is 0. The van der Waals surface area contributed by atoms with Crippen LogP contribution in [0.4, 0.5) is 30.7 Å². The fourth-order valence-electron chi connectivity index (χ4n) is 1.27. The summed E-state index contributed by atoms with van der Waals surface area (Å²) in [6.07, 6.45) is -9.08. The number of H-pyrrole nitrogens is 1. The molecular formula is C8H5F7N2O2. The van der Waals surface area contributed by atoms with Gasteiger partial charge in [-0.2, -0.15) is 27.1 Å². The van der Waals surface area contributed by atoms with Gasteiger partial charge in [0.1, 0.15) is 17.9 Å². The minimum Gasteiger partial charge on any atom is -0.476 e. The molecular weight excluding hydrogens is 289 g/mol. The van der Waals surface area contributed by atoms with Gasteiger partial charge in [0, 0.05) is 0 Å². The maximum Gasteiger partial charge on any atom is 0.420 e. The van der Waals surface area contributed by atoms with E-state index in [2.05, 4.69) is 5.10 Å². The molecule has 108 valence electrons. The molecule has 0 saturated carbocycles. The second-order valence-corrected chi connectivity index (χ2v) is 3.37. The van der Waals surface area contributed by atoms with E-state index in [1.807, 2.05) is 0 Å². The van der Waals surface area contributed by atoms with E-state index in [9.17, 15) is 35.5 Å². The van der Waals surface area contributed by atoms with Crippen LogP contribution in [-0.4, -0.2) is 34.1 Å². The monoisotopic (exact) mass is 294 g/mol. The Bertz CT molecular complexity index is 482. The number of nitrogens with zero attached hydrogens (tertiary/aromatic N) is 1. The quantitative estimate of drug-likeness (QED) is 0.839. The van der Waals surface area contributed by atoms with Gasteiger partial charge in [0.25, 0.3) is 0 Å². The van der Waals surface area contributed by atoms with E-state index in [0.29, 0.717) is 0 Å². The van der Waals surface area contributed by atoms with E-state index in [1.54, 1.807) is 0 Å². The Morgan fingerprint density at radius 1 is 1.32 bits per heavy atom. The smallest absolute Gasteiger partial charge is 0.420 e. The number of nitrogens with one attached hydrogen (secondary N) is 1. The molecule has 0 spiro atoms. The zero-order valence-corrected chi connectivity index (χ0v) is 8.73. The van der Waals surface area contributed by atoms with Gasteiger partial charge in [-0.3, -0.25) is 5.10 Å². The molecule has 0 aromatic carbocycles. The number of carboxylic acid groups (broad SMARTS) is 1. The molecule has 0 fully saturated rings. The Kier molecular flexibility index (Phi) is 3.77. The van der Waals surface area contributed by atoms with Crippen molar-refractivity contribution < 1.29 is 40.6 Å². The molecule has 0 aliphatic rings. The fraction of sp³-hybridized carbons (Fsp3) is 0.500. The number of carboxylic acids is 1. The van der Waals surface area contributed by atoms with Crippen molar-refractivity contribution in [3.63, 3.8) is 0 Å². The van der Waals surface area contributed by atoms with Crippen molar-refractivity contribution in [1.29, 1.82) is 0 Å². The van der Waals surface area contributed by atoms with E-state index in [-0.39, 0.29) is 0 Å². The molecule has 11 heteroatoms. The summed E-state index contributed by atoms with van der Waals surface area (Å²) in [5.41, 5.74) is -6.20. The molecule has 0 bridgehead atoms. The number of hydrogen-bond acceptors (Lipinski definition) is 2. The van der Waals surface area contributed by atoms with Crippen LogP contribution in [0, 0.1) is 0 Å². The fourth-order valence-corrected chi connectivity index (χ4v) is 1.27. The molecule has 0 saturated heterocycles. The molecule has 1 unspecified atom stereocenters. The van der Waals surface area contributed by atoms with E-state index >= 15 is 0 Å². The molecule has 4 nitrogen and oxygen atoms in total. The van der Waals surface area contributed by atoms with Crippen LogP contribution < -0.4 is 0 Å². The van der Waals surface area contributed by atoms with Gasteiger partial charge in [-0.05, 0) is 0 Å². The van der Waals surface area contributed by atoms with Crippen LogP contribution in [0.25, 0.3) is 0 Å². The van der Waals surface area contributed by atoms with E-state index < -0.39 is 47.9 Å². The molecule has 1 aromatic rings. The average Bonchev–Trinajstić information content (AvgIpc) is 2.72. The van der Waals surface area contributed by atoms with Gasteiger partial charge in [-0.1, -0.05) is 0 Å². The highest BCUT2D eigenvalue weighted by Gasteiger charge is 2.52. The Morgan fingerprint density at radius 3 is 2.21 bits per heavy atom. The van der Waals surface area contributed by atoms with Gasteiger partial charge in [0.05, 0.1) is 0 Å². The first-order valence-electron chi connectivity index (χ1n) is 4.50.